The maximum absolute atomic E-state index is 12.7. The fourth-order valence-corrected chi connectivity index (χ4v) is 5.34. The Kier molecular flexibility index (Phi) is 5.91. The smallest absolute Gasteiger partial charge is 0.312 e. The normalized spacial score (nSPS) is 18.2. The standard InChI is InChI=1S/C18H20N2O5S2/c1-13-19-14(11-26-13)9-18(22)25-10-17(21)20(15-5-3-2-4-6-15)16-7-8-27(23,24)12-16/h2-6,11,16H,7-10,12H2,1H3. The van der Waals surface area contributed by atoms with E-state index in [1.807, 2.05) is 13.0 Å². The molecule has 1 aromatic carbocycles. The number of aromatic nitrogens is 1. The maximum Gasteiger partial charge on any atom is 0.312 e. The minimum Gasteiger partial charge on any atom is -0.455 e. The first-order valence-electron chi connectivity index (χ1n) is 8.48. The molecule has 1 saturated heterocycles. The van der Waals surface area contributed by atoms with E-state index in [0.717, 1.165) is 5.01 Å². The van der Waals surface area contributed by atoms with Crippen LogP contribution in [0.4, 0.5) is 5.69 Å². The Bertz CT molecular complexity index is 924. The lowest BCUT2D eigenvalue weighted by molar-refractivity contribution is -0.147. The van der Waals surface area contributed by atoms with Crippen LogP contribution in [0.2, 0.25) is 0 Å². The zero-order chi connectivity index (χ0) is 19.4. The average molecular weight is 409 g/mol. The van der Waals surface area contributed by atoms with Crippen LogP contribution in [0.15, 0.2) is 35.7 Å². The predicted octanol–water partition coefficient (Wildman–Crippen LogP) is 1.76. The van der Waals surface area contributed by atoms with Crippen molar-refractivity contribution in [2.75, 3.05) is 23.0 Å². The number of aryl methyl sites for hydroxylation is 1. The lowest BCUT2D eigenvalue weighted by atomic mass is 10.2. The van der Waals surface area contributed by atoms with Crippen LogP contribution in [-0.2, 0) is 30.6 Å². The van der Waals surface area contributed by atoms with Gasteiger partial charge in [0.15, 0.2) is 16.4 Å². The van der Waals surface area contributed by atoms with Gasteiger partial charge in [-0.1, -0.05) is 18.2 Å². The average Bonchev–Trinajstić information content (AvgIpc) is 3.19. The first-order chi connectivity index (χ1) is 12.8. The third-order valence-electron chi connectivity index (χ3n) is 4.23. The number of sulfone groups is 1. The van der Waals surface area contributed by atoms with E-state index in [1.165, 1.54) is 16.2 Å². The van der Waals surface area contributed by atoms with Crippen LogP contribution in [0.1, 0.15) is 17.1 Å². The lowest BCUT2D eigenvalue weighted by Gasteiger charge is -2.28. The second-order valence-corrected chi connectivity index (χ2v) is 9.64. The fourth-order valence-electron chi connectivity index (χ4n) is 3.03. The summed E-state index contributed by atoms with van der Waals surface area (Å²) in [6.07, 6.45) is 0.371. The maximum atomic E-state index is 12.7. The predicted molar refractivity (Wildman–Crippen MR) is 103 cm³/mol. The molecule has 0 spiro atoms. The molecule has 1 fully saturated rings. The Morgan fingerprint density at radius 3 is 2.63 bits per heavy atom. The summed E-state index contributed by atoms with van der Waals surface area (Å²) in [4.78, 5) is 30.4. The topological polar surface area (TPSA) is 93.6 Å². The van der Waals surface area contributed by atoms with Crippen molar-refractivity contribution in [3.8, 4) is 0 Å². The van der Waals surface area contributed by atoms with E-state index >= 15 is 0 Å². The highest BCUT2D eigenvalue weighted by Gasteiger charge is 2.35. The Labute approximate surface area is 161 Å². The van der Waals surface area contributed by atoms with Crippen molar-refractivity contribution < 1.29 is 22.7 Å². The third-order valence-corrected chi connectivity index (χ3v) is 6.80. The monoisotopic (exact) mass is 408 g/mol. The summed E-state index contributed by atoms with van der Waals surface area (Å²) in [5.41, 5.74) is 1.20. The molecule has 3 rings (SSSR count). The molecular weight excluding hydrogens is 388 g/mol. The van der Waals surface area contributed by atoms with Gasteiger partial charge in [0.05, 0.1) is 34.7 Å². The summed E-state index contributed by atoms with van der Waals surface area (Å²) >= 11 is 1.44. The van der Waals surface area contributed by atoms with Gasteiger partial charge in [-0.3, -0.25) is 9.59 Å². The molecule has 1 amide bonds. The van der Waals surface area contributed by atoms with Crippen molar-refractivity contribution in [1.82, 2.24) is 4.98 Å². The number of nitrogens with zero attached hydrogens (tertiary/aromatic N) is 2. The van der Waals surface area contributed by atoms with Crippen molar-refractivity contribution in [2.45, 2.75) is 25.8 Å². The van der Waals surface area contributed by atoms with E-state index in [2.05, 4.69) is 4.98 Å². The molecule has 27 heavy (non-hydrogen) atoms. The van der Waals surface area contributed by atoms with E-state index in [9.17, 15) is 18.0 Å². The number of carbonyl (C=O) groups excluding carboxylic acids is 2. The minimum atomic E-state index is -3.16. The number of hydrogen-bond acceptors (Lipinski definition) is 7. The number of ether oxygens (including phenoxy) is 1. The molecule has 2 heterocycles. The largest absolute Gasteiger partial charge is 0.455 e. The number of thiazole rings is 1. The molecule has 0 bridgehead atoms. The van der Waals surface area contributed by atoms with Crippen LogP contribution >= 0.6 is 11.3 Å². The summed E-state index contributed by atoms with van der Waals surface area (Å²) in [6.45, 7) is 1.41. The van der Waals surface area contributed by atoms with Crippen molar-refractivity contribution in [3.63, 3.8) is 0 Å². The minimum absolute atomic E-state index is 0.000759. The number of esters is 1. The molecule has 1 unspecified atom stereocenters. The highest BCUT2D eigenvalue weighted by Crippen LogP contribution is 2.24. The van der Waals surface area contributed by atoms with Crippen molar-refractivity contribution >= 4 is 38.7 Å². The molecule has 144 valence electrons. The Balaban J connectivity index is 1.67. The van der Waals surface area contributed by atoms with E-state index in [4.69, 9.17) is 4.74 Å². The van der Waals surface area contributed by atoms with Gasteiger partial charge < -0.3 is 9.64 Å². The highest BCUT2D eigenvalue weighted by atomic mass is 32.2. The SMILES string of the molecule is Cc1nc(CC(=O)OCC(=O)N(c2ccccc2)C2CCS(=O)(=O)C2)cs1. The van der Waals surface area contributed by atoms with Crippen LogP contribution in [0.5, 0.6) is 0 Å². The zero-order valence-corrected chi connectivity index (χ0v) is 16.5. The molecular formula is C18H20N2O5S2. The fraction of sp³-hybridized carbons (Fsp3) is 0.389. The van der Waals surface area contributed by atoms with Crippen LogP contribution < -0.4 is 4.90 Å². The van der Waals surface area contributed by atoms with Crippen LogP contribution in [0.25, 0.3) is 0 Å². The van der Waals surface area contributed by atoms with Gasteiger partial charge in [-0.25, -0.2) is 13.4 Å². The molecule has 1 aliphatic rings. The van der Waals surface area contributed by atoms with Gasteiger partial charge in [0.25, 0.3) is 5.91 Å². The molecule has 1 aromatic heterocycles. The first-order valence-corrected chi connectivity index (χ1v) is 11.2. The molecule has 1 aliphatic heterocycles. The van der Waals surface area contributed by atoms with Gasteiger partial charge in [0, 0.05) is 11.1 Å². The quantitative estimate of drug-likeness (QED) is 0.676. The molecule has 9 heteroatoms. The summed E-state index contributed by atoms with van der Waals surface area (Å²) in [5.74, 6) is -1.01. The Morgan fingerprint density at radius 1 is 1.30 bits per heavy atom. The molecule has 0 aliphatic carbocycles. The van der Waals surface area contributed by atoms with E-state index in [-0.39, 0.29) is 17.9 Å². The molecule has 0 radical (unpaired) electrons. The zero-order valence-electron chi connectivity index (χ0n) is 14.8. The third kappa shape index (κ3) is 5.14. The van der Waals surface area contributed by atoms with Crippen molar-refractivity contribution in [2.24, 2.45) is 0 Å². The number of amides is 1. The molecule has 1 atom stereocenters. The molecule has 2 aromatic rings. The summed E-state index contributed by atoms with van der Waals surface area (Å²) < 4.78 is 28.8. The van der Waals surface area contributed by atoms with Crippen LogP contribution in [0.3, 0.4) is 0 Å². The highest BCUT2D eigenvalue weighted by molar-refractivity contribution is 7.91. The summed E-state index contributed by atoms with van der Waals surface area (Å²) in [7, 11) is -3.16. The number of hydrogen-bond donors (Lipinski definition) is 0. The van der Waals surface area contributed by atoms with Crippen LogP contribution in [-0.4, -0.2) is 49.4 Å². The Morgan fingerprint density at radius 2 is 2.04 bits per heavy atom. The van der Waals surface area contributed by atoms with Crippen LogP contribution in [0, 0.1) is 6.92 Å². The van der Waals surface area contributed by atoms with Gasteiger partial charge in [0.2, 0.25) is 0 Å². The summed E-state index contributed by atoms with van der Waals surface area (Å²) in [5, 5.41) is 2.63. The van der Waals surface area contributed by atoms with E-state index in [0.29, 0.717) is 17.8 Å². The first kappa shape index (κ1) is 19.5. The second kappa shape index (κ2) is 8.18. The molecule has 0 N–H and O–H groups in total. The van der Waals surface area contributed by atoms with Gasteiger partial charge in [-0.05, 0) is 25.5 Å². The Hall–Kier alpha value is -2.26. The number of para-hydroxylation sites is 1. The van der Waals surface area contributed by atoms with Gasteiger partial charge >= 0.3 is 5.97 Å². The lowest BCUT2D eigenvalue weighted by Crippen LogP contribution is -2.43. The van der Waals surface area contributed by atoms with Gasteiger partial charge in [0.1, 0.15) is 0 Å². The number of anilines is 1. The van der Waals surface area contributed by atoms with Gasteiger partial charge in [-0.2, -0.15) is 0 Å². The number of carbonyl (C=O) groups is 2. The van der Waals surface area contributed by atoms with Gasteiger partial charge in [-0.15, -0.1) is 11.3 Å². The molecule has 7 nitrogen and oxygen atoms in total. The summed E-state index contributed by atoms with van der Waals surface area (Å²) in [6, 6.07) is 8.38. The molecule has 0 saturated carbocycles. The number of rotatable bonds is 6. The number of benzene rings is 1. The van der Waals surface area contributed by atoms with E-state index in [1.54, 1.807) is 29.6 Å². The van der Waals surface area contributed by atoms with E-state index < -0.39 is 34.4 Å². The van der Waals surface area contributed by atoms with Crippen molar-refractivity contribution in [3.05, 3.63) is 46.4 Å². The second-order valence-electron chi connectivity index (χ2n) is 6.35. The van der Waals surface area contributed by atoms with Crippen molar-refractivity contribution in [1.29, 1.82) is 0 Å².